The number of hydrogen-bond acceptors (Lipinski definition) is 8. The van der Waals surface area contributed by atoms with Crippen LogP contribution < -0.4 is 14.8 Å². The maximum atomic E-state index is 12.5. The quantitative estimate of drug-likeness (QED) is 0.120. The summed E-state index contributed by atoms with van der Waals surface area (Å²) < 4.78 is 11.4. The monoisotopic (exact) mass is 516 g/mol. The van der Waals surface area contributed by atoms with Gasteiger partial charge in [0.2, 0.25) is 5.13 Å². The summed E-state index contributed by atoms with van der Waals surface area (Å²) in [6.07, 6.45) is 2.23. The van der Waals surface area contributed by atoms with Crippen molar-refractivity contribution in [3.63, 3.8) is 0 Å². The van der Waals surface area contributed by atoms with Crippen LogP contribution in [0.25, 0.3) is 16.8 Å². The number of nitrogens with zero attached hydrogens (tertiary/aromatic N) is 3. The van der Waals surface area contributed by atoms with Crippen LogP contribution in [0.2, 0.25) is 0 Å². The lowest BCUT2D eigenvalue weighted by Gasteiger charge is -2.12. The molecule has 1 aromatic heterocycles. The predicted molar refractivity (Wildman–Crippen MR) is 145 cm³/mol. The first-order chi connectivity index (χ1) is 17.6. The van der Waals surface area contributed by atoms with Crippen LogP contribution in [0.4, 0.5) is 5.13 Å². The van der Waals surface area contributed by atoms with Gasteiger partial charge in [0, 0.05) is 10.6 Å². The van der Waals surface area contributed by atoms with E-state index in [9.17, 15) is 10.1 Å². The number of hydrogen-bond donors (Lipinski definition) is 1. The van der Waals surface area contributed by atoms with Crippen LogP contribution in [0, 0.1) is 11.3 Å². The standard InChI is InChI=1S/C27H24N4O3S2/c1-3-25-30-31-27(36-25)29-26(32)20(17-28)15-18-11-12-22(23(16-18)33-2)34-13-14-35-24-10-6-8-19-7-4-5-9-21(19)24/h4-12,15-16H,3,13-14H2,1-2H3,(H,29,31,32)/b20-15-. The molecular formula is C27H24N4O3S2. The first-order valence-corrected chi connectivity index (χ1v) is 13.1. The van der Waals surface area contributed by atoms with Crippen molar-refractivity contribution in [1.82, 2.24) is 10.2 Å². The molecular weight excluding hydrogens is 492 g/mol. The molecule has 0 atom stereocenters. The summed E-state index contributed by atoms with van der Waals surface area (Å²) in [5, 5.41) is 23.6. The Morgan fingerprint density at radius 1 is 1.14 bits per heavy atom. The molecule has 0 unspecified atom stereocenters. The number of thioether (sulfide) groups is 1. The van der Waals surface area contributed by atoms with Crippen LogP contribution in [0.15, 0.2) is 71.1 Å². The highest BCUT2D eigenvalue weighted by Crippen LogP contribution is 2.31. The minimum Gasteiger partial charge on any atom is -0.493 e. The Labute approximate surface area is 217 Å². The van der Waals surface area contributed by atoms with Crippen molar-refractivity contribution in [3.05, 3.63) is 76.8 Å². The Hall–Kier alpha value is -3.87. The zero-order valence-corrected chi connectivity index (χ0v) is 21.5. The molecule has 0 spiro atoms. The van der Waals surface area contributed by atoms with E-state index in [2.05, 4.69) is 45.8 Å². The number of carbonyl (C=O) groups excluding carboxylic acids is 1. The van der Waals surface area contributed by atoms with Crippen molar-refractivity contribution in [2.24, 2.45) is 0 Å². The van der Waals surface area contributed by atoms with Crippen molar-refractivity contribution in [2.75, 3.05) is 24.8 Å². The van der Waals surface area contributed by atoms with E-state index in [-0.39, 0.29) is 5.57 Å². The summed E-state index contributed by atoms with van der Waals surface area (Å²) in [5.41, 5.74) is 0.591. The molecule has 1 heterocycles. The van der Waals surface area contributed by atoms with E-state index in [0.717, 1.165) is 17.2 Å². The third kappa shape index (κ3) is 6.22. The fourth-order valence-electron chi connectivity index (χ4n) is 3.44. The van der Waals surface area contributed by atoms with Crippen LogP contribution in [-0.4, -0.2) is 35.6 Å². The number of benzene rings is 3. The molecule has 0 bridgehead atoms. The van der Waals surface area contributed by atoms with Crippen molar-refractivity contribution in [1.29, 1.82) is 5.26 Å². The first-order valence-electron chi connectivity index (χ1n) is 11.3. The minimum absolute atomic E-state index is 0.0505. The van der Waals surface area contributed by atoms with Gasteiger partial charge in [-0.15, -0.1) is 22.0 Å². The van der Waals surface area contributed by atoms with E-state index in [1.165, 1.54) is 33.1 Å². The van der Waals surface area contributed by atoms with Gasteiger partial charge in [0.25, 0.3) is 5.91 Å². The van der Waals surface area contributed by atoms with Crippen LogP contribution in [0.1, 0.15) is 17.5 Å². The first kappa shape index (κ1) is 25.2. The lowest BCUT2D eigenvalue weighted by molar-refractivity contribution is -0.112. The molecule has 36 heavy (non-hydrogen) atoms. The molecule has 0 fully saturated rings. The van der Waals surface area contributed by atoms with Gasteiger partial charge in [0.05, 0.1) is 13.7 Å². The molecule has 0 aliphatic heterocycles. The van der Waals surface area contributed by atoms with Gasteiger partial charge in [-0.1, -0.05) is 60.7 Å². The molecule has 9 heteroatoms. The Bertz CT molecular complexity index is 1440. The smallest absolute Gasteiger partial charge is 0.268 e. The Morgan fingerprint density at radius 3 is 2.75 bits per heavy atom. The molecule has 0 saturated carbocycles. The van der Waals surface area contributed by atoms with Gasteiger partial charge >= 0.3 is 0 Å². The zero-order chi connectivity index (χ0) is 25.3. The second-order valence-electron chi connectivity index (χ2n) is 7.56. The van der Waals surface area contributed by atoms with Crippen molar-refractivity contribution >= 4 is 51.0 Å². The lowest BCUT2D eigenvalue weighted by Crippen LogP contribution is -2.13. The molecule has 1 amide bonds. The number of aryl methyl sites for hydroxylation is 1. The molecule has 4 rings (SSSR count). The number of methoxy groups -OCH3 is 1. The second-order valence-corrected chi connectivity index (χ2v) is 9.76. The van der Waals surface area contributed by atoms with E-state index >= 15 is 0 Å². The molecule has 4 aromatic rings. The molecule has 3 aromatic carbocycles. The Balaban J connectivity index is 1.38. The Kier molecular flexibility index (Phi) is 8.55. The van der Waals surface area contributed by atoms with E-state index in [4.69, 9.17) is 9.47 Å². The van der Waals surface area contributed by atoms with Crippen LogP contribution in [-0.2, 0) is 11.2 Å². The van der Waals surface area contributed by atoms with Crippen LogP contribution in [0.3, 0.4) is 0 Å². The number of carbonyl (C=O) groups is 1. The van der Waals surface area contributed by atoms with Gasteiger partial charge in [-0.2, -0.15) is 5.26 Å². The third-order valence-corrected chi connectivity index (χ3v) is 7.22. The SMILES string of the molecule is CCc1nnc(NC(=O)/C(C#N)=C\c2ccc(OCCSc3cccc4ccccc34)c(OC)c2)s1. The average molecular weight is 517 g/mol. The highest BCUT2D eigenvalue weighted by Gasteiger charge is 2.13. The minimum atomic E-state index is -0.541. The zero-order valence-electron chi connectivity index (χ0n) is 19.9. The number of nitrogens with one attached hydrogen (secondary N) is 1. The number of nitriles is 1. The fraction of sp³-hybridized carbons (Fsp3) is 0.185. The summed E-state index contributed by atoms with van der Waals surface area (Å²) in [6.45, 7) is 2.45. The molecule has 0 radical (unpaired) electrons. The van der Waals surface area contributed by atoms with Gasteiger partial charge < -0.3 is 9.47 Å². The number of anilines is 1. The fourth-order valence-corrected chi connectivity index (χ4v) is 5.02. The second kappa shape index (κ2) is 12.2. The average Bonchev–Trinajstić information content (AvgIpc) is 3.37. The van der Waals surface area contributed by atoms with E-state index < -0.39 is 5.91 Å². The van der Waals surface area contributed by atoms with E-state index in [0.29, 0.717) is 28.8 Å². The summed E-state index contributed by atoms with van der Waals surface area (Å²) >= 11 is 3.02. The van der Waals surface area contributed by atoms with Crippen molar-refractivity contribution in [2.45, 2.75) is 18.2 Å². The van der Waals surface area contributed by atoms with Gasteiger partial charge in [-0.05, 0) is 47.0 Å². The van der Waals surface area contributed by atoms with Gasteiger partial charge in [-0.25, -0.2) is 0 Å². The van der Waals surface area contributed by atoms with Gasteiger partial charge in [0.15, 0.2) is 11.5 Å². The van der Waals surface area contributed by atoms with E-state index in [1.807, 2.05) is 25.1 Å². The number of aromatic nitrogens is 2. The highest BCUT2D eigenvalue weighted by atomic mass is 32.2. The molecule has 0 saturated heterocycles. The largest absolute Gasteiger partial charge is 0.493 e. The summed E-state index contributed by atoms with van der Waals surface area (Å²) in [7, 11) is 1.55. The third-order valence-electron chi connectivity index (χ3n) is 5.20. The molecule has 1 N–H and O–H groups in total. The molecule has 0 aliphatic carbocycles. The maximum Gasteiger partial charge on any atom is 0.268 e. The van der Waals surface area contributed by atoms with Crippen molar-refractivity contribution in [3.8, 4) is 17.6 Å². The number of fused-ring (bicyclic) bond motifs is 1. The van der Waals surface area contributed by atoms with E-state index in [1.54, 1.807) is 37.1 Å². The highest BCUT2D eigenvalue weighted by molar-refractivity contribution is 7.99. The summed E-state index contributed by atoms with van der Waals surface area (Å²) in [5.74, 6) is 1.34. The van der Waals surface area contributed by atoms with Crippen LogP contribution >= 0.6 is 23.1 Å². The molecule has 0 aliphatic rings. The number of amides is 1. The number of rotatable bonds is 10. The molecule has 7 nitrogen and oxygen atoms in total. The molecule has 182 valence electrons. The van der Waals surface area contributed by atoms with Gasteiger partial charge in [0.1, 0.15) is 16.6 Å². The maximum absolute atomic E-state index is 12.5. The predicted octanol–water partition coefficient (Wildman–Crippen LogP) is 5.98. The summed E-state index contributed by atoms with van der Waals surface area (Å²) in [6, 6.07) is 21.8. The summed E-state index contributed by atoms with van der Waals surface area (Å²) in [4.78, 5) is 13.7. The number of ether oxygens (including phenoxy) is 2. The topological polar surface area (TPSA) is 97.1 Å². The lowest BCUT2D eigenvalue weighted by atomic mass is 10.1. The van der Waals surface area contributed by atoms with Crippen molar-refractivity contribution < 1.29 is 14.3 Å². The Morgan fingerprint density at radius 2 is 1.97 bits per heavy atom. The van der Waals surface area contributed by atoms with Crippen LogP contribution in [0.5, 0.6) is 11.5 Å². The van der Waals surface area contributed by atoms with Gasteiger partial charge in [-0.3, -0.25) is 10.1 Å². The normalized spacial score (nSPS) is 11.2.